The first-order valence-corrected chi connectivity index (χ1v) is 8.80. The molecule has 0 saturated carbocycles. The Morgan fingerprint density at radius 1 is 1.04 bits per heavy atom. The second kappa shape index (κ2) is 8.07. The molecule has 0 atom stereocenters. The number of hydrogen-bond acceptors (Lipinski definition) is 5. The van der Waals surface area contributed by atoms with E-state index in [-0.39, 0.29) is 5.91 Å². The molecule has 1 aromatic heterocycles. The third kappa shape index (κ3) is 5.00. The molecular weight excluding hydrogens is 314 g/mol. The van der Waals surface area contributed by atoms with E-state index >= 15 is 0 Å². The lowest BCUT2D eigenvalue weighted by molar-refractivity contribution is 0.0962. The third-order valence-corrected chi connectivity index (χ3v) is 4.34. The fourth-order valence-electron chi connectivity index (χ4n) is 3.10. The second-order valence-electron chi connectivity index (χ2n) is 6.59. The van der Waals surface area contributed by atoms with E-state index in [4.69, 9.17) is 0 Å². The second-order valence-corrected chi connectivity index (χ2v) is 6.59. The van der Waals surface area contributed by atoms with Crippen LogP contribution in [0.15, 0.2) is 30.3 Å². The average Bonchev–Trinajstić information content (AvgIpc) is 2.60. The fraction of sp³-hybridized carbons (Fsp3) is 0.421. The number of piperidine rings is 1. The Morgan fingerprint density at radius 3 is 2.32 bits per heavy atom. The van der Waals surface area contributed by atoms with E-state index in [0.717, 1.165) is 17.9 Å². The number of aryl methyl sites for hydroxylation is 2. The van der Waals surface area contributed by atoms with Gasteiger partial charge in [0.15, 0.2) is 0 Å². The molecule has 0 bridgehead atoms. The van der Waals surface area contributed by atoms with Gasteiger partial charge < -0.3 is 0 Å². The summed E-state index contributed by atoms with van der Waals surface area (Å²) in [5, 5.41) is 0. The van der Waals surface area contributed by atoms with Crippen molar-refractivity contribution in [1.82, 2.24) is 20.3 Å². The van der Waals surface area contributed by atoms with Crippen LogP contribution in [0.4, 0.5) is 5.95 Å². The predicted octanol–water partition coefficient (Wildman–Crippen LogP) is 2.84. The molecule has 1 amide bonds. The van der Waals surface area contributed by atoms with Crippen LogP contribution in [0.5, 0.6) is 0 Å². The Labute approximate surface area is 148 Å². The fourth-order valence-corrected chi connectivity index (χ4v) is 3.10. The highest BCUT2D eigenvalue weighted by Gasteiger charge is 2.11. The number of anilines is 1. The molecule has 2 N–H and O–H groups in total. The smallest absolute Gasteiger partial charge is 0.269 e. The van der Waals surface area contributed by atoms with Crippen LogP contribution >= 0.6 is 0 Å². The molecule has 0 aliphatic carbocycles. The Kier molecular flexibility index (Phi) is 5.60. The van der Waals surface area contributed by atoms with Crippen LogP contribution in [-0.4, -0.2) is 33.9 Å². The normalized spacial score (nSPS) is 15.0. The highest BCUT2D eigenvalue weighted by Crippen LogP contribution is 2.13. The van der Waals surface area contributed by atoms with E-state index in [0.29, 0.717) is 11.5 Å². The van der Waals surface area contributed by atoms with Gasteiger partial charge in [-0.15, -0.1) is 0 Å². The summed E-state index contributed by atoms with van der Waals surface area (Å²) in [7, 11) is 0. The molecule has 0 radical (unpaired) electrons. The van der Waals surface area contributed by atoms with Crippen molar-refractivity contribution in [3.05, 3.63) is 52.8 Å². The van der Waals surface area contributed by atoms with Gasteiger partial charge in [0.25, 0.3) is 5.91 Å². The quantitative estimate of drug-likeness (QED) is 0.820. The van der Waals surface area contributed by atoms with Crippen molar-refractivity contribution in [2.75, 3.05) is 18.5 Å². The summed E-state index contributed by atoms with van der Waals surface area (Å²) in [6.45, 7) is 7.08. The molecule has 0 spiro atoms. The molecule has 2 aromatic rings. The van der Waals surface area contributed by atoms with Crippen molar-refractivity contribution in [3.63, 3.8) is 0 Å². The van der Waals surface area contributed by atoms with Gasteiger partial charge in [-0.3, -0.25) is 20.5 Å². The number of nitrogens with zero attached hydrogens (tertiary/aromatic N) is 3. The van der Waals surface area contributed by atoms with Gasteiger partial charge in [-0.05, 0) is 63.5 Å². The van der Waals surface area contributed by atoms with Crippen molar-refractivity contribution < 1.29 is 4.79 Å². The molecule has 1 fully saturated rings. The minimum Gasteiger partial charge on any atom is -0.299 e. The van der Waals surface area contributed by atoms with Crippen LogP contribution in [0.1, 0.15) is 46.6 Å². The number of hydrazine groups is 1. The third-order valence-electron chi connectivity index (χ3n) is 4.34. The van der Waals surface area contributed by atoms with Gasteiger partial charge in [0, 0.05) is 23.5 Å². The maximum absolute atomic E-state index is 12.2. The monoisotopic (exact) mass is 339 g/mol. The number of amides is 1. The molecule has 1 aliphatic rings. The number of aromatic nitrogens is 2. The molecule has 3 rings (SSSR count). The first kappa shape index (κ1) is 17.4. The van der Waals surface area contributed by atoms with Gasteiger partial charge in [-0.25, -0.2) is 9.97 Å². The lowest BCUT2D eigenvalue weighted by Crippen LogP contribution is -2.30. The van der Waals surface area contributed by atoms with Crippen LogP contribution < -0.4 is 10.9 Å². The highest BCUT2D eigenvalue weighted by atomic mass is 16.2. The zero-order valence-corrected chi connectivity index (χ0v) is 14.9. The van der Waals surface area contributed by atoms with Crippen molar-refractivity contribution in [2.24, 2.45) is 0 Å². The molecule has 1 saturated heterocycles. The summed E-state index contributed by atoms with van der Waals surface area (Å²) >= 11 is 0. The zero-order valence-electron chi connectivity index (χ0n) is 14.9. The van der Waals surface area contributed by atoms with Crippen molar-refractivity contribution >= 4 is 11.9 Å². The van der Waals surface area contributed by atoms with E-state index in [1.54, 1.807) is 0 Å². The molecule has 6 heteroatoms. The first-order chi connectivity index (χ1) is 12.1. The molecule has 25 heavy (non-hydrogen) atoms. The largest absolute Gasteiger partial charge is 0.299 e. The van der Waals surface area contributed by atoms with Crippen LogP contribution in [0.25, 0.3) is 0 Å². The van der Waals surface area contributed by atoms with E-state index in [1.807, 2.05) is 44.2 Å². The van der Waals surface area contributed by atoms with Crippen LogP contribution in [0, 0.1) is 13.8 Å². The number of nitrogens with one attached hydrogen (secondary N) is 2. The SMILES string of the molecule is Cc1cc(C)nc(NNC(=O)c2ccc(CN3CCCCC3)cc2)n1. The number of carbonyl (C=O) groups is 1. The minimum atomic E-state index is -0.202. The van der Waals surface area contributed by atoms with Crippen molar-refractivity contribution in [2.45, 2.75) is 39.7 Å². The summed E-state index contributed by atoms with van der Waals surface area (Å²) in [4.78, 5) is 23.2. The highest BCUT2D eigenvalue weighted by molar-refractivity contribution is 5.94. The predicted molar refractivity (Wildman–Crippen MR) is 98.2 cm³/mol. The number of hydrogen-bond donors (Lipinski definition) is 2. The Morgan fingerprint density at radius 2 is 1.68 bits per heavy atom. The summed E-state index contributed by atoms with van der Waals surface area (Å²) < 4.78 is 0. The lowest BCUT2D eigenvalue weighted by Gasteiger charge is -2.26. The van der Waals surface area contributed by atoms with Gasteiger partial charge in [0.05, 0.1) is 0 Å². The molecule has 2 heterocycles. The lowest BCUT2D eigenvalue weighted by atomic mass is 10.1. The van der Waals surface area contributed by atoms with E-state index in [1.165, 1.54) is 37.9 Å². The molecule has 1 aliphatic heterocycles. The van der Waals surface area contributed by atoms with Gasteiger partial charge in [0.2, 0.25) is 5.95 Å². The molecule has 132 valence electrons. The summed E-state index contributed by atoms with van der Waals surface area (Å²) in [5.41, 5.74) is 8.98. The van der Waals surface area contributed by atoms with Gasteiger partial charge in [-0.2, -0.15) is 0 Å². The van der Waals surface area contributed by atoms with Crippen molar-refractivity contribution in [3.8, 4) is 0 Å². The van der Waals surface area contributed by atoms with Gasteiger partial charge >= 0.3 is 0 Å². The number of benzene rings is 1. The molecule has 6 nitrogen and oxygen atoms in total. The Balaban J connectivity index is 1.55. The molecular formula is C19H25N5O. The number of rotatable bonds is 5. The summed E-state index contributed by atoms with van der Waals surface area (Å²) in [5.74, 6) is 0.194. The summed E-state index contributed by atoms with van der Waals surface area (Å²) in [6, 6.07) is 9.65. The van der Waals surface area contributed by atoms with Gasteiger partial charge in [-0.1, -0.05) is 18.6 Å². The average molecular weight is 339 g/mol. The van der Waals surface area contributed by atoms with E-state index < -0.39 is 0 Å². The Bertz CT molecular complexity index is 703. The first-order valence-electron chi connectivity index (χ1n) is 8.80. The molecule has 0 unspecified atom stereocenters. The standard InChI is InChI=1S/C19H25N5O/c1-14-12-15(2)21-19(20-14)23-22-18(25)17-8-6-16(7-9-17)13-24-10-4-3-5-11-24/h6-9,12H,3-5,10-11,13H2,1-2H3,(H,22,25)(H,20,21,23). The van der Waals surface area contributed by atoms with E-state index in [9.17, 15) is 4.79 Å². The van der Waals surface area contributed by atoms with Crippen LogP contribution in [0.3, 0.4) is 0 Å². The maximum Gasteiger partial charge on any atom is 0.269 e. The number of carbonyl (C=O) groups excluding carboxylic acids is 1. The van der Waals surface area contributed by atoms with Crippen LogP contribution in [0.2, 0.25) is 0 Å². The van der Waals surface area contributed by atoms with Gasteiger partial charge in [0.1, 0.15) is 0 Å². The Hall–Kier alpha value is -2.47. The van der Waals surface area contributed by atoms with E-state index in [2.05, 4.69) is 25.7 Å². The topological polar surface area (TPSA) is 70.2 Å². The maximum atomic E-state index is 12.2. The zero-order chi connectivity index (χ0) is 17.6. The van der Waals surface area contributed by atoms with Crippen LogP contribution in [-0.2, 0) is 6.54 Å². The van der Waals surface area contributed by atoms with Crippen molar-refractivity contribution in [1.29, 1.82) is 0 Å². The summed E-state index contributed by atoms with van der Waals surface area (Å²) in [6.07, 6.45) is 3.91. The number of likely N-dealkylation sites (tertiary alicyclic amines) is 1. The minimum absolute atomic E-state index is 0.202. The molecule has 1 aromatic carbocycles.